The average molecular weight is 425 g/mol. The topological polar surface area (TPSA) is 71.4 Å². The van der Waals surface area contributed by atoms with Gasteiger partial charge in [-0.05, 0) is 54.1 Å². The highest BCUT2D eigenvalue weighted by Crippen LogP contribution is 2.37. The number of para-hydroxylation sites is 1. The number of hydrogen-bond donors (Lipinski definition) is 1. The van der Waals surface area contributed by atoms with Gasteiger partial charge in [-0.2, -0.15) is 0 Å². The van der Waals surface area contributed by atoms with Crippen LogP contribution in [0.5, 0.6) is 11.5 Å². The molecule has 1 heterocycles. The molecule has 0 spiro atoms. The summed E-state index contributed by atoms with van der Waals surface area (Å²) in [4.78, 5) is 19.9. The number of carbonyl (C=O) groups is 1. The first-order chi connectivity index (χ1) is 14.6. The van der Waals surface area contributed by atoms with Crippen molar-refractivity contribution in [1.82, 2.24) is 4.90 Å². The molecule has 1 fully saturated rings. The summed E-state index contributed by atoms with van der Waals surface area (Å²) in [6.45, 7) is 4.54. The molecule has 2 aromatic carbocycles. The Bertz CT molecular complexity index is 986. The van der Waals surface area contributed by atoms with Crippen LogP contribution in [-0.4, -0.2) is 48.5 Å². The summed E-state index contributed by atoms with van der Waals surface area (Å²) in [6, 6.07) is 13.0. The Morgan fingerprint density at radius 1 is 1.23 bits per heavy atom. The molecule has 7 heteroatoms. The van der Waals surface area contributed by atoms with E-state index in [1.165, 1.54) is 18.9 Å². The molecule has 1 saturated heterocycles. The maximum Gasteiger partial charge on any atom is 0.266 e. The minimum Gasteiger partial charge on any atom is -0.504 e. The molecule has 0 bridgehead atoms. The van der Waals surface area contributed by atoms with Crippen LogP contribution in [0, 0.1) is 0 Å². The SMILES string of the molecule is C=CCc1cc(C=C2SC(=Nc3ccccc3)N(CCOC)C2=O)cc(OC)c1O. The van der Waals surface area contributed by atoms with Gasteiger partial charge in [0.1, 0.15) is 0 Å². The smallest absolute Gasteiger partial charge is 0.266 e. The largest absolute Gasteiger partial charge is 0.504 e. The summed E-state index contributed by atoms with van der Waals surface area (Å²) in [7, 11) is 3.10. The zero-order valence-corrected chi connectivity index (χ0v) is 17.8. The normalized spacial score (nSPS) is 16.5. The number of ether oxygens (including phenoxy) is 2. The molecule has 30 heavy (non-hydrogen) atoms. The van der Waals surface area contributed by atoms with Crippen molar-refractivity contribution in [2.24, 2.45) is 4.99 Å². The first-order valence-electron chi connectivity index (χ1n) is 9.42. The number of phenolic OH excluding ortho intramolecular Hbond substituents is 1. The van der Waals surface area contributed by atoms with E-state index in [1.54, 1.807) is 30.2 Å². The lowest BCUT2D eigenvalue weighted by atomic mass is 10.1. The van der Waals surface area contributed by atoms with E-state index in [0.717, 1.165) is 11.3 Å². The predicted octanol–water partition coefficient (Wildman–Crippen LogP) is 4.38. The van der Waals surface area contributed by atoms with Gasteiger partial charge in [0.2, 0.25) is 0 Å². The standard InChI is InChI=1S/C23H24N2O4S/c1-4-8-17-13-16(14-19(29-3)21(17)26)15-20-22(27)25(11-12-28-2)23(30-20)24-18-9-6-5-7-10-18/h4-7,9-10,13-15,26H,1,8,11-12H2,2-3H3. The van der Waals surface area contributed by atoms with Gasteiger partial charge in [0.25, 0.3) is 5.91 Å². The number of nitrogens with zero attached hydrogens (tertiary/aromatic N) is 2. The maximum absolute atomic E-state index is 13.1. The second-order valence-corrected chi connectivity index (χ2v) is 7.52. The fourth-order valence-corrected chi connectivity index (χ4v) is 4.00. The van der Waals surface area contributed by atoms with E-state index in [-0.39, 0.29) is 11.7 Å². The van der Waals surface area contributed by atoms with Gasteiger partial charge in [-0.3, -0.25) is 9.69 Å². The summed E-state index contributed by atoms with van der Waals surface area (Å²) in [5, 5.41) is 10.9. The third kappa shape index (κ3) is 4.93. The molecule has 1 N–H and O–H groups in total. The Kier molecular flexibility index (Phi) is 7.32. The van der Waals surface area contributed by atoms with E-state index in [4.69, 9.17) is 9.47 Å². The van der Waals surface area contributed by atoms with Crippen molar-refractivity contribution in [3.05, 3.63) is 71.2 Å². The molecule has 3 rings (SSSR count). The van der Waals surface area contributed by atoms with Crippen molar-refractivity contribution in [1.29, 1.82) is 0 Å². The molecule has 0 radical (unpaired) electrons. The molecular formula is C23H24N2O4S. The molecule has 1 amide bonds. The van der Waals surface area contributed by atoms with Gasteiger partial charge in [-0.1, -0.05) is 24.3 Å². The van der Waals surface area contributed by atoms with Crippen LogP contribution in [0.15, 0.2) is 65.0 Å². The van der Waals surface area contributed by atoms with Crippen molar-refractivity contribution in [2.45, 2.75) is 6.42 Å². The second kappa shape index (κ2) is 10.1. The number of rotatable bonds is 8. The van der Waals surface area contributed by atoms with E-state index in [9.17, 15) is 9.90 Å². The van der Waals surface area contributed by atoms with Crippen LogP contribution in [-0.2, 0) is 16.0 Å². The van der Waals surface area contributed by atoms with Gasteiger partial charge in [0, 0.05) is 12.7 Å². The number of amides is 1. The van der Waals surface area contributed by atoms with Crippen molar-refractivity contribution in [3.63, 3.8) is 0 Å². The first kappa shape index (κ1) is 21.7. The third-order valence-corrected chi connectivity index (χ3v) is 5.45. The number of thioether (sulfide) groups is 1. The van der Waals surface area contributed by atoms with Crippen LogP contribution in [0.2, 0.25) is 0 Å². The van der Waals surface area contributed by atoms with Crippen molar-refractivity contribution in [2.75, 3.05) is 27.4 Å². The van der Waals surface area contributed by atoms with Gasteiger partial charge in [-0.25, -0.2) is 4.99 Å². The number of aliphatic imine (C=N–C) groups is 1. The van der Waals surface area contributed by atoms with Crippen LogP contribution >= 0.6 is 11.8 Å². The Hall–Kier alpha value is -3.03. The Morgan fingerprint density at radius 3 is 2.67 bits per heavy atom. The molecule has 0 saturated carbocycles. The molecule has 0 atom stereocenters. The van der Waals surface area contributed by atoms with E-state index in [0.29, 0.717) is 41.0 Å². The molecule has 6 nitrogen and oxygen atoms in total. The van der Waals surface area contributed by atoms with Gasteiger partial charge in [0.05, 0.1) is 30.9 Å². The first-order valence-corrected chi connectivity index (χ1v) is 10.2. The number of methoxy groups -OCH3 is 2. The molecular weight excluding hydrogens is 400 g/mol. The Morgan fingerprint density at radius 2 is 2.00 bits per heavy atom. The fourth-order valence-electron chi connectivity index (χ4n) is 2.97. The lowest BCUT2D eigenvalue weighted by Crippen LogP contribution is -2.32. The van der Waals surface area contributed by atoms with E-state index in [1.807, 2.05) is 36.4 Å². The van der Waals surface area contributed by atoms with Crippen LogP contribution in [0.25, 0.3) is 6.08 Å². The third-order valence-electron chi connectivity index (χ3n) is 4.45. The van der Waals surface area contributed by atoms with Gasteiger partial charge in [0.15, 0.2) is 16.7 Å². The van der Waals surface area contributed by atoms with Crippen LogP contribution < -0.4 is 4.74 Å². The quantitative estimate of drug-likeness (QED) is 0.503. The molecule has 0 aliphatic carbocycles. The number of aromatic hydroxyl groups is 1. The van der Waals surface area contributed by atoms with Crippen molar-refractivity contribution < 1.29 is 19.4 Å². The van der Waals surface area contributed by atoms with E-state index in [2.05, 4.69) is 11.6 Å². The number of amidine groups is 1. The lowest BCUT2D eigenvalue weighted by Gasteiger charge is -2.14. The minimum absolute atomic E-state index is 0.0815. The summed E-state index contributed by atoms with van der Waals surface area (Å²) in [6.07, 6.45) is 3.98. The van der Waals surface area contributed by atoms with Gasteiger partial charge >= 0.3 is 0 Å². The summed E-state index contributed by atoms with van der Waals surface area (Å²) < 4.78 is 10.4. The zero-order valence-electron chi connectivity index (χ0n) is 17.0. The molecule has 1 aliphatic rings. The number of hydrogen-bond acceptors (Lipinski definition) is 6. The monoisotopic (exact) mass is 424 g/mol. The Balaban J connectivity index is 1.98. The van der Waals surface area contributed by atoms with Crippen LogP contribution in [0.4, 0.5) is 5.69 Å². The number of phenols is 1. The number of carbonyl (C=O) groups excluding carboxylic acids is 1. The van der Waals surface area contributed by atoms with Crippen molar-refractivity contribution >= 4 is 34.6 Å². The molecule has 2 aromatic rings. The lowest BCUT2D eigenvalue weighted by molar-refractivity contribution is -0.122. The highest BCUT2D eigenvalue weighted by Gasteiger charge is 2.33. The Labute approximate surface area is 180 Å². The van der Waals surface area contributed by atoms with Crippen LogP contribution in [0.3, 0.4) is 0 Å². The zero-order chi connectivity index (χ0) is 21.5. The molecule has 156 valence electrons. The second-order valence-electron chi connectivity index (χ2n) is 6.51. The van der Waals surface area contributed by atoms with Gasteiger partial charge in [-0.15, -0.1) is 6.58 Å². The van der Waals surface area contributed by atoms with Crippen molar-refractivity contribution in [3.8, 4) is 11.5 Å². The average Bonchev–Trinajstić information content (AvgIpc) is 3.03. The highest BCUT2D eigenvalue weighted by atomic mass is 32.2. The fraction of sp³-hybridized carbons (Fsp3) is 0.217. The molecule has 0 unspecified atom stereocenters. The summed E-state index contributed by atoms with van der Waals surface area (Å²) >= 11 is 1.31. The minimum atomic E-state index is -0.135. The molecule has 1 aliphatic heterocycles. The highest BCUT2D eigenvalue weighted by molar-refractivity contribution is 8.18. The van der Waals surface area contributed by atoms with Crippen LogP contribution in [0.1, 0.15) is 11.1 Å². The number of benzene rings is 2. The van der Waals surface area contributed by atoms with Gasteiger partial charge < -0.3 is 14.6 Å². The van der Waals surface area contributed by atoms with E-state index < -0.39 is 0 Å². The molecule has 0 aromatic heterocycles. The summed E-state index contributed by atoms with van der Waals surface area (Å²) in [5.41, 5.74) is 2.21. The van der Waals surface area contributed by atoms with E-state index >= 15 is 0 Å². The number of allylic oxidation sites excluding steroid dienone is 1. The maximum atomic E-state index is 13.1. The predicted molar refractivity (Wildman–Crippen MR) is 121 cm³/mol. The summed E-state index contributed by atoms with van der Waals surface area (Å²) in [5.74, 6) is 0.299.